The molecule has 2 amide bonds. The first-order valence-corrected chi connectivity index (χ1v) is 11.5. The maximum Gasteiger partial charge on any atom is 0.309 e. The molecule has 0 spiro atoms. The normalized spacial score (nSPS) is 15.1. The largest absolute Gasteiger partial charge is 0.468 e. The van der Waals surface area contributed by atoms with Crippen molar-refractivity contribution in [1.82, 2.24) is 15.5 Å². The summed E-state index contributed by atoms with van der Waals surface area (Å²) in [6, 6.07) is 17.0. The summed E-state index contributed by atoms with van der Waals surface area (Å²) in [4.78, 5) is 29.1. The van der Waals surface area contributed by atoms with Crippen LogP contribution >= 0.6 is 11.6 Å². The van der Waals surface area contributed by atoms with Gasteiger partial charge in [-0.15, -0.1) is 0 Å². The maximum absolute atomic E-state index is 13.2. The number of piperazine rings is 1. The predicted octanol–water partition coefficient (Wildman–Crippen LogP) is 3.37. The highest BCUT2D eigenvalue weighted by atomic mass is 35.5. The van der Waals surface area contributed by atoms with E-state index in [1.165, 1.54) is 12.1 Å². The second-order valence-electron chi connectivity index (χ2n) is 8.05. The smallest absolute Gasteiger partial charge is 0.309 e. The number of hydrogen-bond donors (Lipinski definition) is 2. The van der Waals surface area contributed by atoms with Gasteiger partial charge < -0.3 is 20.0 Å². The fourth-order valence-electron chi connectivity index (χ4n) is 3.97. The van der Waals surface area contributed by atoms with Crippen LogP contribution in [0.1, 0.15) is 17.4 Å². The summed E-state index contributed by atoms with van der Waals surface area (Å²) < 4.78 is 18.9. The van der Waals surface area contributed by atoms with Crippen LogP contribution in [0.4, 0.5) is 10.1 Å². The molecule has 1 fully saturated rings. The number of carbonyl (C=O) groups is 2. The van der Waals surface area contributed by atoms with Crippen LogP contribution in [-0.4, -0.2) is 49.4 Å². The van der Waals surface area contributed by atoms with Gasteiger partial charge >= 0.3 is 11.8 Å². The summed E-state index contributed by atoms with van der Waals surface area (Å²) in [5, 5.41) is 5.96. The molecule has 1 atom stereocenters. The summed E-state index contributed by atoms with van der Waals surface area (Å²) in [7, 11) is 0. The molecule has 0 radical (unpaired) electrons. The lowest BCUT2D eigenvalue weighted by atomic mass is 10.1. The number of nitrogens with one attached hydrogen (secondary N) is 2. The van der Waals surface area contributed by atoms with Crippen molar-refractivity contribution in [3.63, 3.8) is 0 Å². The van der Waals surface area contributed by atoms with Crippen LogP contribution in [0, 0.1) is 5.82 Å². The summed E-state index contributed by atoms with van der Waals surface area (Å²) in [6.07, 6.45) is 1.59. The number of amides is 2. The molecule has 0 bridgehead atoms. The first-order chi connectivity index (χ1) is 16.5. The Labute approximate surface area is 202 Å². The predicted molar refractivity (Wildman–Crippen MR) is 128 cm³/mol. The Morgan fingerprint density at radius 3 is 2.26 bits per heavy atom. The van der Waals surface area contributed by atoms with E-state index in [0.29, 0.717) is 5.02 Å². The third kappa shape index (κ3) is 6.15. The lowest BCUT2D eigenvalue weighted by Crippen LogP contribution is -2.50. The maximum atomic E-state index is 13.2. The average Bonchev–Trinajstić information content (AvgIpc) is 3.39. The molecule has 2 heterocycles. The van der Waals surface area contributed by atoms with Gasteiger partial charge in [-0.1, -0.05) is 23.7 Å². The Balaban J connectivity index is 1.31. The van der Waals surface area contributed by atoms with E-state index in [2.05, 4.69) is 20.4 Å². The average molecular weight is 485 g/mol. The second-order valence-corrected chi connectivity index (χ2v) is 8.49. The van der Waals surface area contributed by atoms with Crippen LogP contribution in [0.25, 0.3) is 0 Å². The Morgan fingerprint density at radius 1 is 0.941 bits per heavy atom. The third-order valence-corrected chi connectivity index (χ3v) is 6.10. The minimum atomic E-state index is -0.700. The van der Waals surface area contributed by atoms with Crippen molar-refractivity contribution in [2.45, 2.75) is 12.6 Å². The van der Waals surface area contributed by atoms with Crippen molar-refractivity contribution >= 4 is 29.1 Å². The highest BCUT2D eigenvalue weighted by molar-refractivity contribution is 6.35. The Hall–Kier alpha value is -3.36. The first kappa shape index (κ1) is 23.8. The topological polar surface area (TPSA) is 77.8 Å². The quantitative estimate of drug-likeness (QED) is 0.503. The van der Waals surface area contributed by atoms with Crippen molar-refractivity contribution in [1.29, 1.82) is 0 Å². The fourth-order valence-corrected chi connectivity index (χ4v) is 4.09. The lowest BCUT2D eigenvalue weighted by Gasteiger charge is -2.39. The highest BCUT2D eigenvalue weighted by Crippen LogP contribution is 2.24. The molecule has 1 aliphatic rings. The van der Waals surface area contributed by atoms with Gasteiger partial charge in [-0.25, -0.2) is 4.39 Å². The van der Waals surface area contributed by atoms with Crippen LogP contribution < -0.4 is 15.5 Å². The molecule has 9 heteroatoms. The van der Waals surface area contributed by atoms with Gasteiger partial charge in [0.2, 0.25) is 0 Å². The molecule has 7 nitrogen and oxygen atoms in total. The Kier molecular flexibility index (Phi) is 7.82. The molecular formula is C25H26ClFN4O3. The standard InChI is InChI=1S/C25H26ClFN4O3/c26-19-5-3-18(4-6-19)16-28-24(32)25(33)29-17-22(23-2-1-15-34-23)31-13-11-30(12-14-31)21-9-7-20(27)8-10-21/h1-10,15,22H,11-14,16-17H2,(H,28,32)(H,29,33). The van der Waals surface area contributed by atoms with Crippen molar-refractivity contribution in [3.8, 4) is 0 Å². The van der Waals surface area contributed by atoms with Gasteiger partial charge in [0, 0.05) is 50.0 Å². The number of furan rings is 1. The summed E-state index contributed by atoms with van der Waals surface area (Å²) in [5.74, 6) is -0.935. The van der Waals surface area contributed by atoms with Crippen molar-refractivity contribution in [2.75, 3.05) is 37.6 Å². The molecule has 178 valence electrons. The monoisotopic (exact) mass is 484 g/mol. The number of rotatable bonds is 7. The number of hydrogen-bond acceptors (Lipinski definition) is 5. The molecule has 1 aliphatic heterocycles. The van der Waals surface area contributed by atoms with E-state index >= 15 is 0 Å². The van der Waals surface area contributed by atoms with E-state index in [4.69, 9.17) is 16.0 Å². The zero-order valence-electron chi connectivity index (χ0n) is 18.5. The van der Waals surface area contributed by atoms with E-state index in [0.717, 1.165) is 43.2 Å². The molecule has 1 saturated heterocycles. The molecule has 2 N–H and O–H groups in total. The molecule has 1 aromatic heterocycles. The van der Waals surface area contributed by atoms with Gasteiger partial charge in [0.1, 0.15) is 11.6 Å². The van der Waals surface area contributed by atoms with Gasteiger partial charge in [0.05, 0.1) is 12.3 Å². The Bertz CT molecular complexity index is 1080. The van der Waals surface area contributed by atoms with E-state index in [9.17, 15) is 14.0 Å². The van der Waals surface area contributed by atoms with Crippen LogP contribution in [0.15, 0.2) is 71.3 Å². The van der Waals surface area contributed by atoms with Gasteiger partial charge in [0.15, 0.2) is 0 Å². The molecular weight excluding hydrogens is 459 g/mol. The minimum Gasteiger partial charge on any atom is -0.468 e. The molecule has 1 unspecified atom stereocenters. The number of anilines is 1. The lowest BCUT2D eigenvalue weighted by molar-refractivity contribution is -0.139. The summed E-state index contributed by atoms with van der Waals surface area (Å²) in [5.41, 5.74) is 1.82. The SMILES string of the molecule is O=C(NCc1ccc(Cl)cc1)C(=O)NCC(c1ccco1)N1CCN(c2ccc(F)cc2)CC1. The zero-order chi connectivity index (χ0) is 23.9. The minimum absolute atomic E-state index is 0.210. The number of benzene rings is 2. The van der Waals surface area contributed by atoms with E-state index in [1.807, 2.05) is 6.07 Å². The highest BCUT2D eigenvalue weighted by Gasteiger charge is 2.28. The number of nitrogens with zero attached hydrogens (tertiary/aromatic N) is 2. The molecule has 34 heavy (non-hydrogen) atoms. The van der Waals surface area contributed by atoms with E-state index in [1.54, 1.807) is 48.7 Å². The van der Waals surface area contributed by atoms with Gasteiger partial charge in [0.25, 0.3) is 0 Å². The van der Waals surface area contributed by atoms with Crippen molar-refractivity contribution in [2.24, 2.45) is 0 Å². The van der Waals surface area contributed by atoms with Crippen LogP contribution in [0.3, 0.4) is 0 Å². The molecule has 0 aliphatic carbocycles. The first-order valence-electron chi connectivity index (χ1n) is 11.1. The fraction of sp³-hybridized carbons (Fsp3) is 0.280. The summed E-state index contributed by atoms with van der Waals surface area (Å²) in [6.45, 7) is 3.41. The van der Waals surface area contributed by atoms with Crippen LogP contribution in [0.5, 0.6) is 0 Å². The van der Waals surface area contributed by atoms with Crippen molar-refractivity contribution < 1.29 is 18.4 Å². The van der Waals surface area contributed by atoms with Crippen LogP contribution in [-0.2, 0) is 16.1 Å². The van der Waals surface area contributed by atoms with Gasteiger partial charge in [-0.3, -0.25) is 14.5 Å². The Morgan fingerprint density at radius 2 is 1.62 bits per heavy atom. The number of halogens is 2. The second kappa shape index (κ2) is 11.2. The van der Waals surface area contributed by atoms with Crippen molar-refractivity contribution in [3.05, 3.63) is 89.1 Å². The molecule has 3 aromatic rings. The van der Waals surface area contributed by atoms with Gasteiger partial charge in [-0.2, -0.15) is 0 Å². The molecule has 4 rings (SSSR count). The zero-order valence-corrected chi connectivity index (χ0v) is 19.3. The molecule has 0 saturated carbocycles. The number of carbonyl (C=O) groups excluding carboxylic acids is 2. The summed E-state index contributed by atoms with van der Waals surface area (Å²) >= 11 is 5.87. The van der Waals surface area contributed by atoms with Crippen LogP contribution in [0.2, 0.25) is 5.02 Å². The molecule has 2 aromatic carbocycles. The van der Waals surface area contributed by atoms with E-state index < -0.39 is 11.8 Å². The third-order valence-electron chi connectivity index (χ3n) is 5.85. The van der Waals surface area contributed by atoms with Gasteiger partial charge in [-0.05, 0) is 54.1 Å². The van der Waals surface area contributed by atoms with E-state index in [-0.39, 0.29) is 24.9 Å².